The molecule has 2 bridgehead atoms. The number of carbonyl (C=O) groups excluding carboxylic acids is 2. The number of ketones is 1. The maximum Gasteiger partial charge on any atom is 0.252 e. The van der Waals surface area contributed by atoms with Crippen LogP contribution in [0.2, 0.25) is 0 Å². The minimum atomic E-state index is -0.879. The standard InChI is InChI=1S/C22H24N2O2/c1-21(2)16-13-14-22(15-16,19(21)25)20(26)23-24(17-9-5-3-6-10-17)18-11-7-4-8-12-18/h3-12,16H,13-15H2,1-2H3,(H,23,26). The average molecular weight is 348 g/mol. The highest BCUT2D eigenvalue weighted by atomic mass is 16.2. The van der Waals surface area contributed by atoms with Crippen LogP contribution in [0.3, 0.4) is 0 Å². The Morgan fingerprint density at radius 1 is 1.00 bits per heavy atom. The Balaban J connectivity index is 1.67. The topological polar surface area (TPSA) is 49.4 Å². The summed E-state index contributed by atoms with van der Waals surface area (Å²) >= 11 is 0. The first kappa shape index (κ1) is 16.8. The second-order valence-electron chi connectivity index (χ2n) is 8.02. The van der Waals surface area contributed by atoms with Gasteiger partial charge in [0.25, 0.3) is 5.91 Å². The molecule has 0 heterocycles. The van der Waals surface area contributed by atoms with Crippen LogP contribution in [0.15, 0.2) is 60.7 Å². The number of hydrogen-bond acceptors (Lipinski definition) is 3. The second-order valence-corrected chi connectivity index (χ2v) is 8.02. The molecule has 2 aromatic carbocycles. The van der Waals surface area contributed by atoms with Crippen LogP contribution < -0.4 is 10.4 Å². The molecular formula is C22H24N2O2. The summed E-state index contributed by atoms with van der Waals surface area (Å²) in [6, 6.07) is 19.4. The van der Waals surface area contributed by atoms with Gasteiger partial charge in [0.1, 0.15) is 5.41 Å². The maximum absolute atomic E-state index is 13.3. The predicted octanol–water partition coefficient (Wildman–Crippen LogP) is 4.25. The van der Waals surface area contributed by atoms with E-state index in [1.54, 1.807) is 5.01 Å². The lowest BCUT2D eigenvalue weighted by Crippen LogP contribution is -2.51. The van der Waals surface area contributed by atoms with Gasteiger partial charge in [-0.1, -0.05) is 50.2 Å². The SMILES string of the molecule is CC1(C)C(=O)C2(C(=O)NN(c3ccccc3)c3ccccc3)CCC1C2. The largest absolute Gasteiger partial charge is 0.298 e. The molecule has 4 heteroatoms. The number of carbonyl (C=O) groups is 2. The number of Topliss-reactive ketones (excluding diaryl/α,β-unsaturated/α-hetero) is 1. The minimum Gasteiger partial charge on any atom is -0.298 e. The van der Waals surface area contributed by atoms with Crippen LogP contribution >= 0.6 is 0 Å². The lowest BCUT2D eigenvalue weighted by Gasteiger charge is -2.34. The molecule has 2 atom stereocenters. The fourth-order valence-corrected chi connectivity index (χ4v) is 4.62. The third kappa shape index (κ3) is 2.44. The van der Waals surface area contributed by atoms with Gasteiger partial charge in [0.05, 0.1) is 11.4 Å². The van der Waals surface area contributed by atoms with Crippen molar-refractivity contribution >= 4 is 23.1 Å². The Labute approximate surface area is 154 Å². The fraction of sp³-hybridized carbons (Fsp3) is 0.364. The van der Waals surface area contributed by atoms with Gasteiger partial charge in [-0.15, -0.1) is 0 Å². The van der Waals surface area contributed by atoms with Crippen molar-refractivity contribution in [2.24, 2.45) is 16.7 Å². The van der Waals surface area contributed by atoms with Crippen molar-refractivity contribution in [2.75, 3.05) is 5.01 Å². The first-order valence-electron chi connectivity index (χ1n) is 9.21. The third-order valence-corrected chi connectivity index (χ3v) is 6.23. The number of hydrazine groups is 1. The molecule has 2 aliphatic carbocycles. The Kier molecular flexibility index (Phi) is 3.87. The van der Waals surface area contributed by atoms with Crippen molar-refractivity contribution in [1.29, 1.82) is 0 Å². The molecule has 1 amide bonds. The Morgan fingerprint density at radius 3 is 2.00 bits per heavy atom. The molecule has 4 nitrogen and oxygen atoms in total. The first-order valence-corrected chi connectivity index (χ1v) is 9.21. The fourth-order valence-electron chi connectivity index (χ4n) is 4.62. The molecule has 2 unspecified atom stereocenters. The van der Waals surface area contributed by atoms with Crippen LogP contribution in [0, 0.1) is 16.7 Å². The Morgan fingerprint density at radius 2 is 1.54 bits per heavy atom. The Hall–Kier alpha value is -2.62. The summed E-state index contributed by atoms with van der Waals surface area (Å²) in [7, 11) is 0. The van der Waals surface area contributed by atoms with Crippen LogP contribution in [0.5, 0.6) is 0 Å². The maximum atomic E-state index is 13.3. The van der Waals surface area contributed by atoms with E-state index in [2.05, 4.69) is 5.43 Å². The van der Waals surface area contributed by atoms with E-state index in [-0.39, 0.29) is 11.7 Å². The molecular weight excluding hydrogens is 324 g/mol. The first-order chi connectivity index (χ1) is 12.4. The zero-order chi connectivity index (χ0) is 18.4. The molecule has 1 N–H and O–H groups in total. The highest BCUT2D eigenvalue weighted by molar-refractivity contribution is 6.11. The van der Waals surface area contributed by atoms with Gasteiger partial charge in [-0.25, -0.2) is 0 Å². The normalized spacial score (nSPS) is 25.9. The van der Waals surface area contributed by atoms with E-state index in [1.807, 2.05) is 74.5 Å². The smallest absolute Gasteiger partial charge is 0.252 e. The van der Waals surface area contributed by atoms with Gasteiger partial charge >= 0.3 is 0 Å². The summed E-state index contributed by atoms with van der Waals surface area (Å²) in [5.41, 5.74) is 3.50. The monoisotopic (exact) mass is 348 g/mol. The van der Waals surface area contributed by atoms with Crippen molar-refractivity contribution in [3.63, 3.8) is 0 Å². The third-order valence-electron chi connectivity index (χ3n) is 6.23. The molecule has 26 heavy (non-hydrogen) atoms. The highest BCUT2D eigenvalue weighted by Gasteiger charge is 2.65. The molecule has 2 aliphatic rings. The number of hydrogen-bond donors (Lipinski definition) is 1. The number of benzene rings is 2. The zero-order valence-electron chi connectivity index (χ0n) is 15.2. The molecule has 0 spiro atoms. The minimum absolute atomic E-state index is 0.0971. The number of rotatable bonds is 4. The average Bonchev–Trinajstić information content (AvgIpc) is 3.20. The van der Waals surface area contributed by atoms with Gasteiger partial charge < -0.3 is 0 Å². The Bertz CT molecular complexity index is 792. The van der Waals surface area contributed by atoms with Crippen LogP contribution in [-0.4, -0.2) is 11.7 Å². The molecule has 2 fully saturated rings. The van der Waals surface area contributed by atoms with Gasteiger partial charge in [0.2, 0.25) is 0 Å². The summed E-state index contributed by atoms with van der Waals surface area (Å²) in [6.45, 7) is 3.97. The number of nitrogens with one attached hydrogen (secondary N) is 1. The van der Waals surface area contributed by atoms with E-state index < -0.39 is 10.8 Å². The molecule has 4 rings (SSSR count). The molecule has 0 aliphatic heterocycles. The highest BCUT2D eigenvalue weighted by Crippen LogP contribution is 2.60. The van der Waals surface area contributed by atoms with E-state index in [1.165, 1.54) is 0 Å². The van der Waals surface area contributed by atoms with E-state index in [0.717, 1.165) is 17.8 Å². The lowest BCUT2D eigenvalue weighted by atomic mass is 9.70. The lowest BCUT2D eigenvalue weighted by molar-refractivity contribution is -0.145. The molecule has 0 radical (unpaired) electrons. The summed E-state index contributed by atoms with van der Waals surface area (Å²) in [5.74, 6) is 0.228. The summed E-state index contributed by atoms with van der Waals surface area (Å²) in [5, 5.41) is 1.78. The van der Waals surface area contributed by atoms with Crippen molar-refractivity contribution < 1.29 is 9.59 Å². The van der Waals surface area contributed by atoms with E-state index in [0.29, 0.717) is 18.8 Å². The van der Waals surface area contributed by atoms with Gasteiger partial charge in [0, 0.05) is 5.41 Å². The van der Waals surface area contributed by atoms with E-state index in [9.17, 15) is 9.59 Å². The quantitative estimate of drug-likeness (QED) is 0.664. The zero-order valence-corrected chi connectivity index (χ0v) is 15.2. The van der Waals surface area contributed by atoms with Crippen molar-refractivity contribution in [3.8, 4) is 0 Å². The predicted molar refractivity (Wildman–Crippen MR) is 102 cm³/mol. The van der Waals surface area contributed by atoms with E-state index >= 15 is 0 Å². The number of nitrogens with zero attached hydrogens (tertiary/aromatic N) is 1. The molecule has 0 saturated heterocycles. The number of anilines is 2. The second kappa shape index (κ2) is 5.97. The van der Waals surface area contributed by atoms with Crippen LogP contribution in [-0.2, 0) is 9.59 Å². The van der Waals surface area contributed by atoms with Gasteiger partial charge in [-0.2, -0.15) is 0 Å². The summed E-state index contributed by atoms with van der Waals surface area (Å²) in [6.07, 6.45) is 2.27. The number of fused-ring (bicyclic) bond motifs is 2. The molecule has 0 aromatic heterocycles. The van der Waals surface area contributed by atoms with Crippen LogP contribution in [0.25, 0.3) is 0 Å². The number of amides is 1. The summed E-state index contributed by atoms with van der Waals surface area (Å²) < 4.78 is 0. The van der Waals surface area contributed by atoms with E-state index in [4.69, 9.17) is 0 Å². The molecule has 134 valence electrons. The van der Waals surface area contributed by atoms with Crippen LogP contribution in [0.1, 0.15) is 33.1 Å². The molecule has 2 aromatic rings. The van der Waals surface area contributed by atoms with Crippen molar-refractivity contribution in [3.05, 3.63) is 60.7 Å². The van der Waals surface area contributed by atoms with Crippen molar-refractivity contribution in [2.45, 2.75) is 33.1 Å². The van der Waals surface area contributed by atoms with Crippen LogP contribution in [0.4, 0.5) is 11.4 Å². The number of para-hydroxylation sites is 2. The van der Waals surface area contributed by atoms with Gasteiger partial charge in [0.15, 0.2) is 5.78 Å². The van der Waals surface area contributed by atoms with Gasteiger partial charge in [-0.05, 0) is 49.4 Å². The summed E-state index contributed by atoms with van der Waals surface area (Å²) in [4.78, 5) is 26.3. The van der Waals surface area contributed by atoms with Gasteiger partial charge in [-0.3, -0.25) is 20.0 Å². The molecule has 2 saturated carbocycles. The van der Waals surface area contributed by atoms with Crippen molar-refractivity contribution in [1.82, 2.24) is 5.43 Å².